The standard InChI is InChI=1S/C16H24N4O/c1-2-15-14(5-7-19(15)6-1)18-13-3-4-16(17-12-13)20-8-10-21-11-9-20/h3-4,12,14-15,18H,1-2,5-11H2. The Morgan fingerprint density at radius 2 is 2.00 bits per heavy atom. The average molecular weight is 288 g/mol. The largest absolute Gasteiger partial charge is 0.379 e. The summed E-state index contributed by atoms with van der Waals surface area (Å²) in [5, 5.41) is 3.70. The Labute approximate surface area is 126 Å². The third kappa shape index (κ3) is 2.72. The van der Waals surface area contributed by atoms with Gasteiger partial charge < -0.3 is 15.0 Å². The second kappa shape index (κ2) is 5.81. The first-order chi connectivity index (χ1) is 10.4. The highest BCUT2D eigenvalue weighted by atomic mass is 16.5. The summed E-state index contributed by atoms with van der Waals surface area (Å²) in [6, 6.07) is 5.65. The lowest BCUT2D eigenvalue weighted by molar-refractivity contribution is 0.122. The number of nitrogens with zero attached hydrogens (tertiary/aromatic N) is 3. The molecule has 21 heavy (non-hydrogen) atoms. The van der Waals surface area contributed by atoms with E-state index in [1.807, 2.05) is 6.20 Å². The molecular weight excluding hydrogens is 264 g/mol. The van der Waals surface area contributed by atoms with E-state index < -0.39 is 0 Å². The van der Waals surface area contributed by atoms with E-state index in [-0.39, 0.29) is 0 Å². The Hall–Kier alpha value is -1.33. The molecule has 1 aromatic heterocycles. The molecule has 0 aromatic carbocycles. The fourth-order valence-electron chi connectivity index (χ4n) is 3.92. The molecule has 3 saturated heterocycles. The summed E-state index contributed by atoms with van der Waals surface area (Å²) < 4.78 is 5.39. The first-order valence-corrected chi connectivity index (χ1v) is 8.19. The molecule has 5 nitrogen and oxygen atoms in total. The molecule has 0 radical (unpaired) electrons. The van der Waals surface area contributed by atoms with Crippen molar-refractivity contribution in [2.24, 2.45) is 0 Å². The summed E-state index contributed by atoms with van der Waals surface area (Å²) in [6.07, 6.45) is 5.95. The lowest BCUT2D eigenvalue weighted by atomic mass is 10.1. The molecule has 4 heterocycles. The van der Waals surface area contributed by atoms with Crippen molar-refractivity contribution in [1.29, 1.82) is 0 Å². The van der Waals surface area contributed by atoms with Crippen LogP contribution in [-0.2, 0) is 4.74 Å². The molecule has 0 spiro atoms. The van der Waals surface area contributed by atoms with E-state index in [9.17, 15) is 0 Å². The molecule has 1 N–H and O–H groups in total. The van der Waals surface area contributed by atoms with Crippen LogP contribution in [0.25, 0.3) is 0 Å². The Morgan fingerprint density at radius 1 is 1.10 bits per heavy atom. The van der Waals surface area contributed by atoms with Gasteiger partial charge in [0.2, 0.25) is 0 Å². The van der Waals surface area contributed by atoms with Crippen LogP contribution in [0.4, 0.5) is 11.5 Å². The van der Waals surface area contributed by atoms with E-state index in [0.29, 0.717) is 6.04 Å². The van der Waals surface area contributed by atoms with E-state index in [4.69, 9.17) is 4.74 Å². The third-order valence-electron chi connectivity index (χ3n) is 5.04. The van der Waals surface area contributed by atoms with Crippen molar-refractivity contribution < 1.29 is 4.74 Å². The zero-order valence-corrected chi connectivity index (χ0v) is 12.5. The molecule has 3 fully saturated rings. The first-order valence-electron chi connectivity index (χ1n) is 8.19. The van der Waals surface area contributed by atoms with Crippen molar-refractivity contribution in [3.05, 3.63) is 18.3 Å². The molecule has 1 aromatic rings. The average Bonchev–Trinajstić information content (AvgIpc) is 3.14. The molecule has 0 saturated carbocycles. The number of aromatic nitrogens is 1. The molecule has 0 aliphatic carbocycles. The van der Waals surface area contributed by atoms with Gasteiger partial charge in [0.1, 0.15) is 5.82 Å². The lowest BCUT2D eigenvalue weighted by Gasteiger charge is -2.28. The molecular formula is C16H24N4O. The predicted octanol–water partition coefficient (Wildman–Crippen LogP) is 1.57. The Bertz CT molecular complexity index is 472. The van der Waals surface area contributed by atoms with Crippen LogP contribution in [-0.4, -0.2) is 61.4 Å². The van der Waals surface area contributed by atoms with Gasteiger partial charge in [-0.25, -0.2) is 4.98 Å². The molecule has 2 unspecified atom stereocenters. The third-order valence-corrected chi connectivity index (χ3v) is 5.04. The summed E-state index contributed by atoms with van der Waals surface area (Å²) in [4.78, 5) is 9.55. The monoisotopic (exact) mass is 288 g/mol. The summed E-state index contributed by atoms with van der Waals surface area (Å²) in [5.74, 6) is 1.07. The van der Waals surface area contributed by atoms with Gasteiger partial charge in [0, 0.05) is 31.7 Å². The van der Waals surface area contributed by atoms with Crippen molar-refractivity contribution in [3.8, 4) is 0 Å². The normalized spacial score (nSPS) is 29.6. The molecule has 0 bridgehead atoms. The molecule has 4 rings (SSSR count). The van der Waals surface area contributed by atoms with Gasteiger partial charge in [0.15, 0.2) is 0 Å². The van der Waals surface area contributed by atoms with E-state index >= 15 is 0 Å². The highest BCUT2D eigenvalue weighted by Crippen LogP contribution is 2.30. The fraction of sp³-hybridized carbons (Fsp3) is 0.688. The van der Waals surface area contributed by atoms with Crippen molar-refractivity contribution in [3.63, 3.8) is 0 Å². The lowest BCUT2D eigenvalue weighted by Crippen LogP contribution is -2.36. The van der Waals surface area contributed by atoms with E-state index in [2.05, 4.69) is 32.2 Å². The maximum absolute atomic E-state index is 5.39. The number of anilines is 2. The van der Waals surface area contributed by atoms with Crippen molar-refractivity contribution in [2.45, 2.75) is 31.3 Å². The molecule has 0 amide bonds. The predicted molar refractivity (Wildman–Crippen MR) is 83.9 cm³/mol. The van der Waals surface area contributed by atoms with Gasteiger partial charge in [-0.05, 0) is 37.9 Å². The zero-order valence-electron chi connectivity index (χ0n) is 12.5. The van der Waals surface area contributed by atoms with Crippen LogP contribution < -0.4 is 10.2 Å². The minimum absolute atomic E-state index is 0.600. The summed E-state index contributed by atoms with van der Waals surface area (Å²) in [6.45, 7) is 6.04. The zero-order chi connectivity index (χ0) is 14.1. The number of hydrogen-bond donors (Lipinski definition) is 1. The van der Waals surface area contributed by atoms with E-state index in [1.54, 1.807) is 0 Å². The summed E-state index contributed by atoms with van der Waals surface area (Å²) in [5.41, 5.74) is 1.16. The van der Waals surface area contributed by atoms with Gasteiger partial charge in [-0.15, -0.1) is 0 Å². The number of nitrogens with one attached hydrogen (secondary N) is 1. The smallest absolute Gasteiger partial charge is 0.128 e. The second-order valence-electron chi connectivity index (χ2n) is 6.29. The van der Waals surface area contributed by atoms with E-state index in [0.717, 1.165) is 43.9 Å². The van der Waals surface area contributed by atoms with Crippen molar-refractivity contribution >= 4 is 11.5 Å². The highest BCUT2D eigenvalue weighted by Gasteiger charge is 2.36. The van der Waals surface area contributed by atoms with Gasteiger partial charge >= 0.3 is 0 Å². The van der Waals surface area contributed by atoms with Crippen LogP contribution in [0.15, 0.2) is 18.3 Å². The summed E-state index contributed by atoms with van der Waals surface area (Å²) >= 11 is 0. The molecule has 114 valence electrons. The first kappa shape index (κ1) is 13.3. The minimum atomic E-state index is 0.600. The SMILES string of the molecule is c1cc(N2CCOCC2)ncc1NC1CCN2CCCC12. The van der Waals surface area contributed by atoms with Crippen LogP contribution in [0.2, 0.25) is 0 Å². The van der Waals surface area contributed by atoms with Crippen molar-refractivity contribution in [2.75, 3.05) is 49.6 Å². The van der Waals surface area contributed by atoms with Gasteiger partial charge in [-0.2, -0.15) is 0 Å². The van der Waals surface area contributed by atoms with Gasteiger partial charge in [-0.1, -0.05) is 0 Å². The maximum Gasteiger partial charge on any atom is 0.128 e. The Morgan fingerprint density at radius 3 is 2.81 bits per heavy atom. The van der Waals surface area contributed by atoms with Crippen LogP contribution in [0.1, 0.15) is 19.3 Å². The number of pyridine rings is 1. The number of ether oxygens (including phenoxy) is 1. The number of hydrogen-bond acceptors (Lipinski definition) is 5. The molecule has 3 aliphatic rings. The quantitative estimate of drug-likeness (QED) is 0.914. The number of morpholine rings is 1. The van der Waals surface area contributed by atoms with Gasteiger partial charge in [0.05, 0.1) is 25.1 Å². The maximum atomic E-state index is 5.39. The Kier molecular flexibility index (Phi) is 3.69. The van der Waals surface area contributed by atoms with Crippen LogP contribution in [0.5, 0.6) is 0 Å². The molecule has 3 aliphatic heterocycles. The fourth-order valence-corrected chi connectivity index (χ4v) is 3.92. The van der Waals surface area contributed by atoms with Crippen LogP contribution in [0.3, 0.4) is 0 Å². The molecule has 5 heteroatoms. The number of rotatable bonds is 3. The second-order valence-corrected chi connectivity index (χ2v) is 6.29. The number of fused-ring (bicyclic) bond motifs is 1. The topological polar surface area (TPSA) is 40.6 Å². The van der Waals surface area contributed by atoms with E-state index in [1.165, 1.54) is 32.4 Å². The molecule has 2 atom stereocenters. The van der Waals surface area contributed by atoms with Crippen LogP contribution >= 0.6 is 0 Å². The summed E-state index contributed by atoms with van der Waals surface area (Å²) in [7, 11) is 0. The van der Waals surface area contributed by atoms with Crippen LogP contribution in [0, 0.1) is 0 Å². The minimum Gasteiger partial charge on any atom is -0.379 e. The van der Waals surface area contributed by atoms with Gasteiger partial charge in [-0.3, -0.25) is 4.90 Å². The van der Waals surface area contributed by atoms with Gasteiger partial charge in [0.25, 0.3) is 0 Å². The highest BCUT2D eigenvalue weighted by molar-refractivity contribution is 5.49. The van der Waals surface area contributed by atoms with Crippen molar-refractivity contribution in [1.82, 2.24) is 9.88 Å². The Balaban J connectivity index is 1.39.